The molecule has 9 heteroatoms. The van der Waals surface area contributed by atoms with E-state index in [9.17, 15) is 9.59 Å². The largest absolute Gasteiger partial charge is 0.463 e. The first-order valence-corrected chi connectivity index (χ1v) is 12.2. The first-order valence-electron chi connectivity index (χ1n) is 12.2. The molecule has 2 aliphatic rings. The van der Waals surface area contributed by atoms with E-state index < -0.39 is 12.0 Å². The van der Waals surface area contributed by atoms with Crippen LogP contribution in [0.5, 0.6) is 0 Å². The third-order valence-corrected chi connectivity index (χ3v) is 6.23. The minimum atomic E-state index is -0.557. The number of hydrogen-bond acceptors (Lipinski definition) is 7. The molecule has 1 atom stereocenters. The number of ether oxygens (including phenoxy) is 1. The molecule has 0 radical (unpaired) electrons. The maximum atomic E-state index is 13.0. The zero-order valence-corrected chi connectivity index (χ0v) is 20.9. The summed E-state index contributed by atoms with van der Waals surface area (Å²) in [5, 5.41) is 5.76. The lowest BCUT2D eigenvalue weighted by atomic mass is 9.95. The molecule has 1 saturated heterocycles. The van der Waals surface area contributed by atoms with E-state index in [-0.39, 0.29) is 18.6 Å². The first kappa shape index (κ1) is 24.7. The number of carbonyl (C=O) groups is 2. The molecule has 1 fully saturated rings. The van der Waals surface area contributed by atoms with E-state index in [1.165, 1.54) is 0 Å². The molecule has 0 aliphatic carbocycles. The van der Waals surface area contributed by atoms with Gasteiger partial charge in [0, 0.05) is 56.1 Å². The number of benzene rings is 1. The molecule has 1 aromatic carbocycles. The van der Waals surface area contributed by atoms with Crippen LogP contribution >= 0.6 is 0 Å². The van der Waals surface area contributed by atoms with Crippen LogP contribution in [0.25, 0.3) is 0 Å². The van der Waals surface area contributed by atoms with Crippen LogP contribution in [-0.4, -0.2) is 66.2 Å². The fraction of sp³-hybridized carbons (Fsp3) is 0.462. The Morgan fingerprint density at radius 3 is 2.51 bits per heavy atom. The van der Waals surface area contributed by atoms with Crippen molar-refractivity contribution in [2.24, 2.45) is 0 Å². The highest BCUT2D eigenvalue weighted by atomic mass is 16.5. The molecule has 186 valence electrons. The van der Waals surface area contributed by atoms with Gasteiger partial charge in [0.1, 0.15) is 11.6 Å². The molecule has 2 aromatic rings. The number of esters is 1. The number of piperazine rings is 1. The smallest absolute Gasteiger partial charge is 0.338 e. The molecular formula is C26H34N6O3. The van der Waals surface area contributed by atoms with E-state index in [0.717, 1.165) is 49.1 Å². The van der Waals surface area contributed by atoms with Gasteiger partial charge in [0.15, 0.2) is 0 Å². The topological polar surface area (TPSA) is 99.7 Å². The summed E-state index contributed by atoms with van der Waals surface area (Å²) in [4.78, 5) is 39.4. The van der Waals surface area contributed by atoms with Gasteiger partial charge in [-0.15, -0.1) is 0 Å². The van der Waals surface area contributed by atoms with Crippen molar-refractivity contribution in [1.82, 2.24) is 25.5 Å². The zero-order chi connectivity index (χ0) is 24.9. The van der Waals surface area contributed by atoms with Crippen LogP contribution in [0.3, 0.4) is 0 Å². The van der Waals surface area contributed by atoms with Gasteiger partial charge in [0.05, 0.1) is 18.2 Å². The van der Waals surface area contributed by atoms with E-state index in [2.05, 4.69) is 39.3 Å². The number of hydrogen-bond donors (Lipinski definition) is 2. The number of rotatable bonds is 7. The Morgan fingerprint density at radius 1 is 1.14 bits per heavy atom. The highest BCUT2D eigenvalue weighted by molar-refractivity contribution is 5.95. The van der Waals surface area contributed by atoms with Crippen LogP contribution < -0.4 is 15.5 Å². The van der Waals surface area contributed by atoms with Gasteiger partial charge < -0.3 is 20.3 Å². The summed E-state index contributed by atoms with van der Waals surface area (Å²) < 4.78 is 5.38. The SMILES string of the molecule is CCOC(=O)C1=C(CN2CCN(c3cc(C)nc(C(C)C)n3)CC2)NC(=O)NC1c1ccccc1. The molecule has 9 nitrogen and oxygen atoms in total. The molecule has 3 heterocycles. The number of carbonyl (C=O) groups excluding carboxylic acids is 2. The number of anilines is 1. The molecule has 2 amide bonds. The van der Waals surface area contributed by atoms with Gasteiger partial charge in [-0.1, -0.05) is 44.2 Å². The van der Waals surface area contributed by atoms with Crippen molar-refractivity contribution in [1.29, 1.82) is 0 Å². The monoisotopic (exact) mass is 478 g/mol. The summed E-state index contributed by atoms with van der Waals surface area (Å²) in [6.07, 6.45) is 0. The Morgan fingerprint density at radius 2 is 1.86 bits per heavy atom. The van der Waals surface area contributed by atoms with Crippen LogP contribution in [0, 0.1) is 6.92 Å². The van der Waals surface area contributed by atoms with Crippen molar-refractivity contribution < 1.29 is 14.3 Å². The van der Waals surface area contributed by atoms with Crippen molar-refractivity contribution in [2.45, 2.75) is 39.7 Å². The Hall–Kier alpha value is -3.46. The van der Waals surface area contributed by atoms with E-state index in [1.807, 2.05) is 43.3 Å². The van der Waals surface area contributed by atoms with Gasteiger partial charge in [-0.2, -0.15) is 0 Å². The molecule has 2 aliphatic heterocycles. The zero-order valence-electron chi connectivity index (χ0n) is 20.9. The minimum Gasteiger partial charge on any atom is -0.463 e. The van der Waals surface area contributed by atoms with Crippen molar-refractivity contribution in [2.75, 3.05) is 44.2 Å². The Labute approximate surface area is 206 Å². The number of amides is 2. The van der Waals surface area contributed by atoms with Crippen LogP contribution in [0.2, 0.25) is 0 Å². The number of nitrogens with zero attached hydrogens (tertiary/aromatic N) is 4. The molecule has 0 bridgehead atoms. The Balaban J connectivity index is 1.53. The van der Waals surface area contributed by atoms with Crippen LogP contribution in [0.15, 0.2) is 47.7 Å². The molecule has 0 saturated carbocycles. The Bertz CT molecular complexity index is 1090. The van der Waals surface area contributed by atoms with E-state index in [0.29, 0.717) is 17.8 Å². The maximum absolute atomic E-state index is 13.0. The standard InChI is InChI=1S/C26H34N6O3/c1-5-35-25(33)22-20(28-26(34)30-23(22)19-9-7-6-8-10-19)16-31-11-13-32(14-12-31)21-15-18(4)27-24(29-21)17(2)3/h6-10,15,17,23H,5,11-14,16H2,1-4H3,(H2,28,30,34). The second-order valence-corrected chi connectivity index (χ2v) is 9.20. The summed E-state index contributed by atoms with van der Waals surface area (Å²) in [6, 6.07) is 10.7. The van der Waals surface area contributed by atoms with Crippen molar-refractivity contribution >= 4 is 17.8 Å². The molecule has 4 rings (SSSR count). The maximum Gasteiger partial charge on any atom is 0.338 e. The highest BCUT2D eigenvalue weighted by Gasteiger charge is 2.34. The van der Waals surface area contributed by atoms with Crippen LogP contribution in [-0.2, 0) is 9.53 Å². The van der Waals surface area contributed by atoms with Crippen molar-refractivity contribution in [3.8, 4) is 0 Å². The van der Waals surface area contributed by atoms with Crippen LogP contribution in [0.4, 0.5) is 10.6 Å². The van der Waals surface area contributed by atoms with Gasteiger partial charge in [0.25, 0.3) is 0 Å². The quantitative estimate of drug-likeness (QED) is 0.590. The van der Waals surface area contributed by atoms with Crippen molar-refractivity contribution in [3.05, 3.63) is 64.8 Å². The summed E-state index contributed by atoms with van der Waals surface area (Å²) in [6.45, 7) is 11.8. The second-order valence-electron chi connectivity index (χ2n) is 9.20. The lowest BCUT2D eigenvalue weighted by Crippen LogP contribution is -2.52. The molecule has 2 N–H and O–H groups in total. The third kappa shape index (κ3) is 5.79. The highest BCUT2D eigenvalue weighted by Crippen LogP contribution is 2.28. The molecular weight excluding hydrogens is 444 g/mol. The van der Waals surface area contributed by atoms with Crippen molar-refractivity contribution in [3.63, 3.8) is 0 Å². The lowest BCUT2D eigenvalue weighted by Gasteiger charge is -2.37. The summed E-state index contributed by atoms with van der Waals surface area (Å²) >= 11 is 0. The summed E-state index contributed by atoms with van der Waals surface area (Å²) in [5.74, 6) is 1.66. The number of urea groups is 1. The molecule has 1 aromatic heterocycles. The fourth-order valence-electron chi connectivity index (χ4n) is 4.44. The van der Waals surface area contributed by atoms with E-state index in [4.69, 9.17) is 9.72 Å². The number of nitrogens with one attached hydrogen (secondary N) is 2. The normalized spacial score (nSPS) is 18.9. The number of aryl methyl sites for hydroxylation is 1. The molecule has 1 unspecified atom stereocenters. The van der Waals surface area contributed by atoms with E-state index >= 15 is 0 Å². The van der Waals surface area contributed by atoms with Gasteiger partial charge in [0.2, 0.25) is 0 Å². The van der Waals surface area contributed by atoms with Crippen LogP contribution in [0.1, 0.15) is 49.8 Å². The number of aromatic nitrogens is 2. The average Bonchev–Trinajstić information content (AvgIpc) is 2.84. The third-order valence-electron chi connectivity index (χ3n) is 6.23. The molecule has 35 heavy (non-hydrogen) atoms. The molecule has 0 spiro atoms. The van der Waals surface area contributed by atoms with Gasteiger partial charge in [-0.3, -0.25) is 4.90 Å². The average molecular weight is 479 g/mol. The second kappa shape index (κ2) is 10.9. The lowest BCUT2D eigenvalue weighted by molar-refractivity contribution is -0.139. The predicted octanol–water partition coefficient (Wildman–Crippen LogP) is 2.90. The minimum absolute atomic E-state index is 0.264. The fourth-order valence-corrected chi connectivity index (χ4v) is 4.44. The summed E-state index contributed by atoms with van der Waals surface area (Å²) in [5.41, 5.74) is 2.85. The predicted molar refractivity (Wildman–Crippen MR) is 134 cm³/mol. The Kier molecular flexibility index (Phi) is 7.65. The van der Waals surface area contributed by atoms with Gasteiger partial charge >= 0.3 is 12.0 Å². The van der Waals surface area contributed by atoms with Gasteiger partial charge in [-0.25, -0.2) is 19.6 Å². The summed E-state index contributed by atoms with van der Waals surface area (Å²) in [7, 11) is 0. The first-order chi connectivity index (χ1) is 16.9. The van der Waals surface area contributed by atoms with E-state index in [1.54, 1.807) is 6.92 Å². The van der Waals surface area contributed by atoms with Gasteiger partial charge in [-0.05, 0) is 19.4 Å².